The number of benzene rings is 1. The number of nitrogens with zero attached hydrogens (tertiary/aromatic N) is 1. The lowest BCUT2D eigenvalue weighted by molar-refractivity contribution is -0.385. The van der Waals surface area contributed by atoms with Crippen molar-refractivity contribution >= 4 is 5.69 Å². The maximum Gasteiger partial charge on any atom is 0.269 e. The van der Waals surface area contributed by atoms with Crippen LogP contribution in [-0.2, 0) is 0 Å². The van der Waals surface area contributed by atoms with Crippen molar-refractivity contribution in [1.29, 1.82) is 0 Å². The van der Waals surface area contributed by atoms with Gasteiger partial charge in [0.05, 0.1) is 11.0 Å². The molecule has 1 aromatic carbocycles. The summed E-state index contributed by atoms with van der Waals surface area (Å²) in [5.41, 5.74) is 0.683. The fourth-order valence-electron chi connectivity index (χ4n) is 2.13. The molecule has 4 heteroatoms. The van der Waals surface area contributed by atoms with Gasteiger partial charge in [-0.05, 0) is 12.0 Å². The molecule has 0 radical (unpaired) electrons. The van der Waals surface area contributed by atoms with Crippen molar-refractivity contribution in [3.8, 4) is 0 Å². The van der Waals surface area contributed by atoms with E-state index in [0.29, 0.717) is 12.0 Å². The smallest absolute Gasteiger partial charge is 0.269 e. The highest BCUT2D eigenvalue weighted by Crippen LogP contribution is 2.23. The zero-order valence-electron chi connectivity index (χ0n) is 11.5. The van der Waals surface area contributed by atoms with Crippen molar-refractivity contribution in [2.75, 3.05) is 0 Å². The molecule has 4 nitrogen and oxygen atoms in total. The molecule has 0 fully saturated rings. The second kappa shape index (κ2) is 8.64. The number of hydrogen-bond acceptors (Lipinski definition) is 3. The fraction of sp³-hybridized carbons (Fsp3) is 0.600. The van der Waals surface area contributed by atoms with Crippen LogP contribution < -0.4 is 0 Å². The topological polar surface area (TPSA) is 63.4 Å². The van der Waals surface area contributed by atoms with Gasteiger partial charge >= 0.3 is 0 Å². The third-order valence-corrected chi connectivity index (χ3v) is 3.30. The van der Waals surface area contributed by atoms with Gasteiger partial charge in [-0.1, -0.05) is 57.6 Å². The van der Waals surface area contributed by atoms with E-state index in [1.807, 2.05) is 0 Å². The minimum atomic E-state index is -0.592. The molecule has 0 amide bonds. The second-order valence-corrected chi connectivity index (χ2v) is 4.92. The molecular weight excluding hydrogens is 242 g/mol. The molecule has 0 aliphatic carbocycles. The first-order valence-electron chi connectivity index (χ1n) is 7.07. The summed E-state index contributed by atoms with van der Waals surface area (Å²) in [5, 5.41) is 20.7. The Morgan fingerprint density at radius 3 is 2.58 bits per heavy atom. The highest BCUT2D eigenvalue weighted by atomic mass is 16.6. The van der Waals surface area contributed by atoms with Gasteiger partial charge < -0.3 is 5.11 Å². The van der Waals surface area contributed by atoms with Crippen LogP contribution in [0.4, 0.5) is 5.69 Å². The normalized spacial score (nSPS) is 12.3. The van der Waals surface area contributed by atoms with Gasteiger partial charge in [0.25, 0.3) is 5.69 Å². The van der Waals surface area contributed by atoms with Crippen molar-refractivity contribution in [1.82, 2.24) is 0 Å². The quantitative estimate of drug-likeness (QED) is 0.409. The molecule has 0 saturated heterocycles. The molecule has 1 atom stereocenters. The Bertz CT molecular complexity index is 393. The minimum Gasteiger partial charge on any atom is -0.388 e. The van der Waals surface area contributed by atoms with Crippen LogP contribution in [-0.4, -0.2) is 10.0 Å². The van der Waals surface area contributed by atoms with Crippen molar-refractivity contribution in [3.63, 3.8) is 0 Å². The highest BCUT2D eigenvalue weighted by molar-refractivity contribution is 5.35. The van der Waals surface area contributed by atoms with Crippen molar-refractivity contribution in [2.45, 2.75) is 58.0 Å². The van der Waals surface area contributed by atoms with E-state index in [2.05, 4.69) is 6.92 Å². The van der Waals surface area contributed by atoms with Crippen LogP contribution >= 0.6 is 0 Å². The molecule has 1 rings (SSSR count). The van der Waals surface area contributed by atoms with Crippen LogP contribution in [0.2, 0.25) is 0 Å². The van der Waals surface area contributed by atoms with Crippen LogP contribution in [0.5, 0.6) is 0 Å². The van der Waals surface area contributed by atoms with Crippen molar-refractivity contribution in [3.05, 3.63) is 39.9 Å². The number of hydrogen-bond donors (Lipinski definition) is 1. The van der Waals surface area contributed by atoms with Gasteiger partial charge in [-0.15, -0.1) is 0 Å². The Morgan fingerprint density at radius 2 is 1.89 bits per heavy atom. The summed E-state index contributed by atoms with van der Waals surface area (Å²) in [6.45, 7) is 2.19. The molecule has 0 aliphatic heterocycles. The Hall–Kier alpha value is -1.42. The van der Waals surface area contributed by atoms with Crippen LogP contribution in [0.1, 0.15) is 63.5 Å². The molecule has 106 valence electrons. The van der Waals surface area contributed by atoms with E-state index in [0.717, 1.165) is 12.8 Å². The van der Waals surface area contributed by atoms with E-state index < -0.39 is 11.0 Å². The summed E-state index contributed by atoms with van der Waals surface area (Å²) < 4.78 is 0. The molecule has 1 unspecified atom stereocenters. The van der Waals surface area contributed by atoms with E-state index in [1.165, 1.54) is 37.8 Å². The maximum atomic E-state index is 10.7. The number of nitro groups is 1. The average molecular weight is 265 g/mol. The Kier molecular flexibility index (Phi) is 7.11. The van der Waals surface area contributed by atoms with E-state index in [1.54, 1.807) is 12.1 Å². The van der Waals surface area contributed by atoms with Crippen molar-refractivity contribution < 1.29 is 10.0 Å². The number of rotatable bonds is 9. The lowest BCUT2D eigenvalue weighted by Crippen LogP contribution is -1.98. The molecule has 0 spiro atoms. The lowest BCUT2D eigenvalue weighted by Gasteiger charge is -2.10. The molecule has 0 heterocycles. The monoisotopic (exact) mass is 265 g/mol. The molecule has 0 aromatic heterocycles. The summed E-state index contributed by atoms with van der Waals surface area (Å²) in [6.07, 6.45) is 7.13. The van der Waals surface area contributed by atoms with Crippen molar-refractivity contribution in [2.24, 2.45) is 0 Å². The SMILES string of the molecule is CCCCCCCCC(O)c1cccc([N+](=O)[O-])c1. The van der Waals surface area contributed by atoms with Crippen LogP contribution in [0.3, 0.4) is 0 Å². The van der Waals surface area contributed by atoms with Gasteiger partial charge in [-0.25, -0.2) is 0 Å². The summed E-state index contributed by atoms with van der Waals surface area (Å²) in [4.78, 5) is 10.2. The van der Waals surface area contributed by atoms with E-state index >= 15 is 0 Å². The first kappa shape index (κ1) is 15.6. The van der Waals surface area contributed by atoms with Gasteiger partial charge in [0, 0.05) is 12.1 Å². The first-order valence-corrected chi connectivity index (χ1v) is 7.07. The average Bonchev–Trinajstić information content (AvgIpc) is 2.42. The first-order chi connectivity index (χ1) is 9.15. The molecule has 1 N–H and O–H groups in total. The second-order valence-electron chi connectivity index (χ2n) is 4.92. The van der Waals surface area contributed by atoms with Crippen LogP contribution in [0.25, 0.3) is 0 Å². The van der Waals surface area contributed by atoms with Gasteiger partial charge in [0.1, 0.15) is 0 Å². The fourth-order valence-corrected chi connectivity index (χ4v) is 2.13. The summed E-state index contributed by atoms with van der Waals surface area (Å²) in [6, 6.07) is 6.27. The third-order valence-electron chi connectivity index (χ3n) is 3.30. The number of aliphatic hydroxyl groups excluding tert-OH is 1. The molecular formula is C15H23NO3. The summed E-state index contributed by atoms with van der Waals surface area (Å²) in [7, 11) is 0. The van der Waals surface area contributed by atoms with Crippen LogP contribution in [0, 0.1) is 10.1 Å². The molecule has 0 bridgehead atoms. The Labute approximate surface area is 114 Å². The number of nitro benzene ring substituents is 1. The van der Waals surface area contributed by atoms with Gasteiger partial charge in [0.2, 0.25) is 0 Å². The van der Waals surface area contributed by atoms with E-state index in [4.69, 9.17) is 0 Å². The molecule has 0 aliphatic rings. The minimum absolute atomic E-state index is 0.0412. The predicted molar refractivity (Wildman–Crippen MR) is 76.0 cm³/mol. The highest BCUT2D eigenvalue weighted by Gasteiger charge is 2.11. The zero-order valence-corrected chi connectivity index (χ0v) is 11.5. The Morgan fingerprint density at radius 1 is 1.21 bits per heavy atom. The predicted octanol–water partition coefficient (Wildman–Crippen LogP) is 4.38. The standard InChI is InChI=1S/C15H23NO3/c1-2-3-4-5-6-7-11-15(17)13-9-8-10-14(12-13)16(18)19/h8-10,12,15,17H,2-7,11H2,1H3. The molecule has 19 heavy (non-hydrogen) atoms. The van der Waals surface area contributed by atoms with Crippen LogP contribution in [0.15, 0.2) is 24.3 Å². The number of aliphatic hydroxyl groups is 1. The maximum absolute atomic E-state index is 10.7. The lowest BCUT2D eigenvalue weighted by atomic mass is 10.0. The molecule has 0 saturated carbocycles. The third kappa shape index (κ3) is 5.83. The number of non-ortho nitro benzene ring substituents is 1. The van der Waals surface area contributed by atoms with E-state index in [-0.39, 0.29) is 5.69 Å². The van der Waals surface area contributed by atoms with Gasteiger partial charge in [0.15, 0.2) is 0 Å². The largest absolute Gasteiger partial charge is 0.388 e. The van der Waals surface area contributed by atoms with Gasteiger partial charge in [-0.2, -0.15) is 0 Å². The number of unbranched alkanes of at least 4 members (excludes halogenated alkanes) is 5. The zero-order chi connectivity index (χ0) is 14.1. The molecule has 1 aromatic rings. The van der Waals surface area contributed by atoms with E-state index in [9.17, 15) is 15.2 Å². The summed E-state index contributed by atoms with van der Waals surface area (Å²) >= 11 is 0. The summed E-state index contributed by atoms with van der Waals surface area (Å²) in [5.74, 6) is 0. The van der Waals surface area contributed by atoms with Gasteiger partial charge in [-0.3, -0.25) is 10.1 Å². The Balaban J connectivity index is 2.34.